The molecule has 2 rings (SSSR count). The van der Waals surface area contributed by atoms with Gasteiger partial charge in [0.25, 0.3) is 5.91 Å². The first-order chi connectivity index (χ1) is 11.5. The molecular formula is C17H15BrN2O4. The first kappa shape index (κ1) is 17.7. The summed E-state index contributed by atoms with van der Waals surface area (Å²) < 4.78 is 6.35. The van der Waals surface area contributed by atoms with Crippen molar-refractivity contribution in [3.05, 3.63) is 63.6 Å². The minimum atomic E-state index is -0.993. The summed E-state index contributed by atoms with van der Waals surface area (Å²) in [6, 6.07) is 11.6. The summed E-state index contributed by atoms with van der Waals surface area (Å²) in [5.41, 5.74) is 4.21. The van der Waals surface area contributed by atoms with Crippen LogP contribution in [-0.2, 0) is 4.79 Å². The van der Waals surface area contributed by atoms with Gasteiger partial charge in [-0.3, -0.25) is 4.79 Å². The van der Waals surface area contributed by atoms with Gasteiger partial charge in [0, 0.05) is 4.47 Å². The van der Waals surface area contributed by atoms with Crippen LogP contribution in [0.2, 0.25) is 0 Å². The third kappa shape index (κ3) is 5.20. The highest BCUT2D eigenvalue weighted by molar-refractivity contribution is 9.10. The SMILES string of the molecule is Cc1cc(OCC(=O)N/N=C/c2ccc(C(=O)O)cc2)ccc1Br. The number of carboxylic acids is 1. The van der Waals surface area contributed by atoms with E-state index in [1.54, 1.807) is 18.2 Å². The molecule has 0 radical (unpaired) electrons. The van der Waals surface area contributed by atoms with Crippen LogP contribution in [0.3, 0.4) is 0 Å². The fourth-order valence-corrected chi connectivity index (χ4v) is 2.03. The molecule has 0 aliphatic heterocycles. The first-order valence-electron chi connectivity index (χ1n) is 7.00. The minimum Gasteiger partial charge on any atom is -0.484 e. The van der Waals surface area contributed by atoms with Crippen molar-refractivity contribution in [3.8, 4) is 5.75 Å². The molecule has 0 aliphatic rings. The van der Waals surface area contributed by atoms with Gasteiger partial charge in [-0.2, -0.15) is 5.10 Å². The van der Waals surface area contributed by atoms with Crippen LogP contribution in [0, 0.1) is 6.92 Å². The Hall–Kier alpha value is -2.67. The minimum absolute atomic E-state index is 0.156. The van der Waals surface area contributed by atoms with Crippen LogP contribution in [0.4, 0.5) is 0 Å². The van der Waals surface area contributed by atoms with Crippen LogP contribution in [0.15, 0.2) is 52.0 Å². The van der Waals surface area contributed by atoms with Gasteiger partial charge in [0.2, 0.25) is 0 Å². The second-order valence-electron chi connectivity index (χ2n) is 4.92. The Morgan fingerprint density at radius 1 is 1.25 bits per heavy atom. The zero-order valence-corrected chi connectivity index (χ0v) is 14.4. The number of amides is 1. The van der Waals surface area contributed by atoms with Gasteiger partial charge < -0.3 is 9.84 Å². The summed E-state index contributed by atoms with van der Waals surface area (Å²) in [6.45, 7) is 1.77. The molecule has 0 spiro atoms. The molecular weight excluding hydrogens is 376 g/mol. The van der Waals surface area contributed by atoms with Crippen LogP contribution in [0.1, 0.15) is 21.5 Å². The van der Waals surface area contributed by atoms with Crippen LogP contribution in [0.5, 0.6) is 5.75 Å². The molecule has 0 saturated heterocycles. The Morgan fingerprint density at radius 2 is 1.96 bits per heavy atom. The standard InChI is InChI=1S/C17H15BrN2O4/c1-11-8-14(6-7-15(11)18)24-10-16(21)20-19-9-12-2-4-13(5-3-12)17(22)23/h2-9H,10H2,1H3,(H,20,21)(H,22,23)/b19-9+. The van der Waals surface area contributed by atoms with E-state index in [0.29, 0.717) is 11.3 Å². The molecule has 6 nitrogen and oxygen atoms in total. The number of aryl methyl sites for hydroxylation is 1. The number of benzene rings is 2. The van der Waals surface area contributed by atoms with E-state index in [4.69, 9.17) is 9.84 Å². The van der Waals surface area contributed by atoms with Crippen molar-refractivity contribution in [2.24, 2.45) is 5.10 Å². The first-order valence-corrected chi connectivity index (χ1v) is 7.79. The van der Waals surface area contributed by atoms with Gasteiger partial charge in [-0.25, -0.2) is 10.2 Å². The van der Waals surface area contributed by atoms with Crippen molar-refractivity contribution in [1.29, 1.82) is 0 Å². The summed E-state index contributed by atoms with van der Waals surface area (Å²) in [7, 11) is 0. The molecule has 0 atom stereocenters. The zero-order valence-electron chi connectivity index (χ0n) is 12.8. The molecule has 124 valence electrons. The number of rotatable bonds is 6. The van der Waals surface area contributed by atoms with Crippen LogP contribution >= 0.6 is 15.9 Å². The van der Waals surface area contributed by atoms with E-state index in [1.807, 2.05) is 19.1 Å². The lowest BCUT2D eigenvalue weighted by atomic mass is 10.1. The Bertz CT molecular complexity index is 773. The number of nitrogens with zero attached hydrogens (tertiary/aromatic N) is 1. The van der Waals surface area contributed by atoms with E-state index in [1.165, 1.54) is 18.3 Å². The predicted octanol–water partition coefficient (Wildman–Crippen LogP) is 2.98. The number of halogens is 1. The molecule has 0 saturated carbocycles. The Morgan fingerprint density at radius 3 is 2.58 bits per heavy atom. The van der Waals surface area contributed by atoms with Crippen molar-refractivity contribution < 1.29 is 19.4 Å². The highest BCUT2D eigenvalue weighted by atomic mass is 79.9. The van der Waals surface area contributed by atoms with Crippen LogP contribution in [-0.4, -0.2) is 29.8 Å². The maximum absolute atomic E-state index is 11.7. The highest BCUT2D eigenvalue weighted by Gasteiger charge is 2.03. The lowest BCUT2D eigenvalue weighted by molar-refractivity contribution is -0.123. The molecule has 0 fully saturated rings. The van der Waals surface area contributed by atoms with Gasteiger partial charge in [-0.1, -0.05) is 28.1 Å². The second-order valence-corrected chi connectivity index (χ2v) is 5.77. The Balaban J connectivity index is 1.81. The Kier molecular flexibility index (Phi) is 6.08. The molecule has 2 aromatic rings. The summed E-state index contributed by atoms with van der Waals surface area (Å²) in [5.74, 6) is -0.791. The molecule has 0 aromatic heterocycles. The number of carboxylic acid groups (broad SMARTS) is 1. The summed E-state index contributed by atoms with van der Waals surface area (Å²) in [6.07, 6.45) is 1.42. The topological polar surface area (TPSA) is 88.0 Å². The van der Waals surface area contributed by atoms with Gasteiger partial charge >= 0.3 is 5.97 Å². The van der Waals surface area contributed by atoms with E-state index >= 15 is 0 Å². The van der Waals surface area contributed by atoms with Crippen molar-refractivity contribution >= 4 is 34.0 Å². The summed E-state index contributed by atoms with van der Waals surface area (Å²) in [4.78, 5) is 22.4. The Labute approximate surface area is 147 Å². The molecule has 0 heterocycles. The molecule has 24 heavy (non-hydrogen) atoms. The van der Waals surface area contributed by atoms with Gasteiger partial charge in [-0.15, -0.1) is 0 Å². The largest absolute Gasteiger partial charge is 0.484 e. The van der Waals surface area contributed by atoms with E-state index in [0.717, 1.165) is 10.0 Å². The van der Waals surface area contributed by atoms with Crippen molar-refractivity contribution in [1.82, 2.24) is 5.43 Å². The molecule has 0 bridgehead atoms. The third-order valence-electron chi connectivity index (χ3n) is 3.06. The number of hydrogen-bond donors (Lipinski definition) is 2. The van der Waals surface area contributed by atoms with E-state index in [-0.39, 0.29) is 12.2 Å². The maximum Gasteiger partial charge on any atom is 0.335 e. The molecule has 2 N–H and O–H groups in total. The predicted molar refractivity (Wildman–Crippen MR) is 93.5 cm³/mol. The highest BCUT2D eigenvalue weighted by Crippen LogP contribution is 2.21. The lowest BCUT2D eigenvalue weighted by Gasteiger charge is -2.06. The van der Waals surface area contributed by atoms with Crippen LogP contribution in [0.25, 0.3) is 0 Å². The second kappa shape index (κ2) is 8.26. The molecule has 1 amide bonds. The van der Waals surface area contributed by atoms with Crippen molar-refractivity contribution in [2.45, 2.75) is 6.92 Å². The number of carbonyl (C=O) groups excluding carboxylic acids is 1. The zero-order chi connectivity index (χ0) is 17.5. The summed E-state index contributed by atoms with van der Waals surface area (Å²) in [5, 5.41) is 12.6. The number of ether oxygens (including phenoxy) is 1. The summed E-state index contributed by atoms with van der Waals surface area (Å²) >= 11 is 3.39. The number of aromatic carboxylic acids is 1. The van der Waals surface area contributed by atoms with E-state index in [9.17, 15) is 9.59 Å². The number of nitrogens with one attached hydrogen (secondary N) is 1. The number of hydrazone groups is 1. The number of carbonyl (C=O) groups is 2. The average Bonchev–Trinajstić information content (AvgIpc) is 2.56. The van der Waals surface area contributed by atoms with Gasteiger partial charge in [-0.05, 0) is 48.4 Å². The molecule has 7 heteroatoms. The van der Waals surface area contributed by atoms with Crippen molar-refractivity contribution in [3.63, 3.8) is 0 Å². The average molecular weight is 391 g/mol. The monoisotopic (exact) mass is 390 g/mol. The fraction of sp³-hybridized carbons (Fsp3) is 0.118. The van der Waals surface area contributed by atoms with Gasteiger partial charge in [0.15, 0.2) is 6.61 Å². The molecule has 2 aromatic carbocycles. The normalized spacial score (nSPS) is 10.6. The maximum atomic E-state index is 11.7. The fourth-order valence-electron chi connectivity index (χ4n) is 1.78. The van der Waals surface area contributed by atoms with Crippen LogP contribution < -0.4 is 10.2 Å². The smallest absolute Gasteiger partial charge is 0.335 e. The van der Waals surface area contributed by atoms with E-state index < -0.39 is 11.9 Å². The number of hydrogen-bond acceptors (Lipinski definition) is 4. The third-order valence-corrected chi connectivity index (χ3v) is 3.95. The van der Waals surface area contributed by atoms with Gasteiger partial charge in [0.1, 0.15) is 5.75 Å². The van der Waals surface area contributed by atoms with E-state index in [2.05, 4.69) is 26.5 Å². The lowest BCUT2D eigenvalue weighted by Crippen LogP contribution is -2.24. The molecule has 0 aliphatic carbocycles. The van der Waals surface area contributed by atoms with Crippen molar-refractivity contribution in [2.75, 3.05) is 6.61 Å². The quantitative estimate of drug-likeness (QED) is 0.586. The van der Waals surface area contributed by atoms with Gasteiger partial charge in [0.05, 0.1) is 11.8 Å². The molecule has 0 unspecified atom stereocenters.